The Labute approximate surface area is 91.5 Å². The van der Waals surface area contributed by atoms with Crippen LogP contribution in [-0.4, -0.2) is 26.1 Å². The molecule has 0 aliphatic heterocycles. The van der Waals surface area contributed by atoms with E-state index in [2.05, 4.69) is 26.3 Å². The number of nitrogens with zero attached hydrogens (tertiary/aromatic N) is 4. The Kier molecular flexibility index (Phi) is 2.44. The second-order valence-electron chi connectivity index (χ2n) is 2.91. The molecule has 0 unspecified atom stereocenters. The van der Waals surface area contributed by atoms with E-state index in [9.17, 15) is 0 Å². The summed E-state index contributed by atoms with van der Waals surface area (Å²) in [4.78, 5) is 8.02. The number of halogens is 1. The van der Waals surface area contributed by atoms with E-state index in [1.807, 2.05) is 6.92 Å². The highest BCUT2D eigenvalue weighted by molar-refractivity contribution is 6.30. The molecule has 0 atom stereocenters. The molecule has 0 amide bonds. The number of nitrogens with one attached hydrogen (secondary N) is 1. The zero-order valence-electron chi connectivity index (χ0n) is 8.03. The number of aromatic nitrogens is 4. The van der Waals surface area contributed by atoms with Gasteiger partial charge in [0.2, 0.25) is 0 Å². The summed E-state index contributed by atoms with van der Waals surface area (Å²) in [5.74, 6) is 3.66. The number of terminal acetylenes is 1. The third-order valence-electron chi connectivity index (χ3n) is 1.96. The Morgan fingerprint density at radius 1 is 1.67 bits per heavy atom. The van der Waals surface area contributed by atoms with Crippen LogP contribution < -0.4 is 5.32 Å². The molecular formula is C9H8ClN5. The van der Waals surface area contributed by atoms with Crippen molar-refractivity contribution < 1.29 is 0 Å². The van der Waals surface area contributed by atoms with Crippen molar-refractivity contribution >= 4 is 23.2 Å². The Hall–Kier alpha value is -1.80. The van der Waals surface area contributed by atoms with Gasteiger partial charge in [0.1, 0.15) is 17.3 Å². The van der Waals surface area contributed by atoms with Crippen LogP contribution in [0.1, 0.15) is 5.56 Å². The van der Waals surface area contributed by atoms with Gasteiger partial charge in [-0.25, -0.2) is 0 Å². The van der Waals surface area contributed by atoms with Crippen molar-refractivity contribution in [2.45, 2.75) is 6.92 Å². The minimum atomic E-state index is 0.398. The Balaban J connectivity index is 2.62. The van der Waals surface area contributed by atoms with Crippen LogP contribution >= 0.6 is 11.6 Å². The monoisotopic (exact) mass is 221 g/mol. The van der Waals surface area contributed by atoms with Crippen molar-refractivity contribution in [3.05, 3.63) is 17.0 Å². The van der Waals surface area contributed by atoms with Gasteiger partial charge in [-0.3, -0.25) is 0 Å². The first-order valence-electron chi connectivity index (χ1n) is 4.27. The summed E-state index contributed by atoms with van der Waals surface area (Å²) in [6.45, 7) is 2.24. The average molecular weight is 222 g/mol. The molecule has 0 spiro atoms. The number of rotatable bonds is 2. The van der Waals surface area contributed by atoms with Crippen LogP contribution in [0, 0.1) is 19.3 Å². The van der Waals surface area contributed by atoms with Crippen LogP contribution in [0.3, 0.4) is 0 Å². The molecule has 1 N–H and O–H groups in total. The van der Waals surface area contributed by atoms with Gasteiger partial charge in [-0.2, -0.15) is 19.6 Å². The molecule has 6 heteroatoms. The molecule has 0 aromatic carbocycles. The van der Waals surface area contributed by atoms with Gasteiger partial charge < -0.3 is 5.32 Å². The first-order chi connectivity index (χ1) is 7.24. The largest absolute Gasteiger partial charge is 0.359 e. The molecule has 0 saturated carbocycles. The van der Waals surface area contributed by atoms with Crippen molar-refractivity contribution in [2.24, 2.45) is 0 Å². The van der Waals surface area contributed by atoms with Crippen molar-refractivity contribution in [2.75, 3.05) is 11.9 Å². The molecule has 2 rings (SSSR count). The van der Waals surface area contributed by atoms with E-state index in [0.717, 1.165) is 11.4 Å². The van der Waals surface area contributed by atoms with E-state index < -0.39 is 0 Å². The average Bonchev–Trinajstić information content (AvgIpc) is 2.66. The first kappa shape index (κ1) is 9.74. The number of fused-ring (bicyclic) bond motifs is 1. The van der Waals surface area contributed by atoms with Crippen molar-refractivity contribution in [3.63, 3.8) is 0 Å². The molecule has 15 heavy (non-hydrogen) atoms. The number of hydrogen-bond acceptors (Lipinski definition) is 4. The smallest absolute Gasteiger partial charge is 0.255 e. The molecule has 0 radical (unpaired) electrons. The predicted octanol–water partition coefficient (Wildman–Crippen LogP) is 1.13. The lowest BCUT2D eigenvalue weighted by molar-refractivity contribution is 0.927. The van der Waals surface area contributed by atoms with Gasteiger partial charge >= 0.3 is 0 Å². The molecule has 2 aromatic heterocycles. The summed E-state index contributed by atoms with van der Waals surface area (Å²) in [5.41, 5.74) is 0.796. The van der Waals surface area contributed by atoms with Gasteiger partial charge in [0.15, 0.2) is 0 Å². The maximum Gasteiger partial charge on any atom is 0.255 e. The van der Waals surface area contributed by atoms with E-state index in [0.29, 0.717) is 17.5 Å². The fourth-order valence-electron chi connectivity index (χ4n) is 1.24. The van der Waals surface area contributed by atoms with Crippen molar-refractivity contribution in [3.8, 4) is 12.3 Å². The van der Waals surface area contributed by atoms with Crippen LogP contribution in [-0.2, 0) is 0 Å². The maximum absolute atomic E-state index is 5.94. The fourth-order valence-corrected chi connectivity index (χ4v) is 1.40. The van der Waals surface area contributed by atoms with Crippen LogP contribution in [0.25, 0.3) is 5.78 Å². The molecule has 0 bridgehead atoms. The summed E-state index contributed by atoms with van der Waals surface area (Å²) >= 11 is 5.94. The highest BCUT2D eigenvalue weighted by Gasteiger charge is 2.10. The van der Waals surface area contributed by atoms with Crippen LogP contribution in [0.15, 0.2) is 6.33 Å². The highest BCUT2D eigenvalue weighted by atomic mass is 35.5. The third kappa shape index (κ3) is 1.60. The summed E-state index contributed by atoms with van der Waals surface area (Å²) in [5, 5.41) is 7.46. The van der Waals surface area contributed by atoms with Crippen molar-refractivity contribution in [1.82, 2.24) is 19.6 Å². The quantitative estimate of drug-likeness (QED) is 0.610. The minimum absolute atomic E-state index is 0.398. The Morgan fingerprint density at radius 3 is 3.20 bits per heavy atom. The van der Waals surface area contributed by atoms with E-state index in [-0.39, 0.29) is 0 Å². The molecule has 0 aliphatic rings. The van der Waals surface area contributed by atoms with E-state index in [1.165, 1.54) is 6.33 Å². The van der Waals surface area contributed by atoms with Crippen LogP contribution in [0.4, 0.5) is 5.82 Å². The molecule has 0 fully saturated rings. The SMILES string of the molecule is C#CCNc1c(C)c(Cl)nc2ncnn12. The van der Waals surface area contributed by atoms with Gasteiger partial charge in [-0.05, 0) is 6.92 Å². The van der Waals surface area contributed by atoms with Gasteiger partial charge in [-0.15, -0.1) is 6.42 Å². The van der Waals surface area contributed by atoms with Crippen LogP contribution in [0.2, 0.25) is 5.15 Å². The second kappa shape index (κ2) is 3.75. The lowest BCUT2D eigenvalue weighted by Crippen LogP contribution is -2.08. The fraction of sp³-hybridized carbons (Fsp3) is 0.222. The molecule has 2 heterocycles. The van der Waals surface area contributed by atoms with Gasteiger partial charge in [0, 0.05) is 5.56 Å². The second-order valence-corrected chi connectivity index (χ2v) is 3.26. The Bertz CT molecular complexity index is 539. The van der Waals surface area contributed by atoms with Gasteiger partial charge in [-0.1, -0.05) is 17.5 Å². The molecule has 0 aliphatic carbocycles. The number of anilines is 1. The lowest BCUT2D eigenvalue weighted by atomic mass is 10.3. The summed E-state index contributed by atoms with van der Waals surface area (Å²) in [6.07, 6.45) is 6.59. The van der Waals surface area contributed by atoms with Crippen molar-refractivity contribution in [1.29, 1.82) is 0 Å². The summed E-state index contributed by atoms with van der Waals surface area (Å²) in [6, 6.07) is 0. The topological polar surface area (TPSA) is 55.1 Å². The van der Waals surface area contributed by atoms with E-state index in [4.69, 9.17) is 18.0 Å². The predicted molar refractivity (Wildman–Crippen MR) is 57.9 cm³/mol. The van der Waals surface area contributed by atoms with E-state index in [1.54, 1.807) is 4.52 Å². The minimum Gasteiger partial charge on any atom is -0.359 e. The molecule has 5 nitrogen and oxygen atoms in total. The molecule has 0 saturated heterocycles. The standard InChI is InChI=1S/C9H8ClN5/c1-3-4-11-8-6(2)7(10)14-9-12-5-13-15(8)9/h1,5,11H,4H2,2H3. The Morgan fingerprint density at radius 2 is 2.47 bits per heavy atom. The summed E-state index contributed by atoms with van der Waals surface area (Å²) < 4.78 is 1.57. The third-order valence-corrected chi connectivity index (χ3v) is 2.33. The van der Waals surface area contributed by atoms with Gasteiger partial charge in [0.25, 0.3) is 5.78 Å². The first-order valence-corrected chi connectivity index (χ1v) is 4.65. The van der Waals surface area contributed by atoms with Gasteiger partial charge in [0.05, 0.1) is 6.54 Å². The lowest BCUT2D eigenvalue weighted by Gasteiger charge is -2.08. The van der Waals surface area contributed by atoms with Crippen LogP contribution in [0.5, 0.6) is 0 Å². The summed E-state index contributed by atoms with van der Waals surface area (Å²) in [7, 11) is 0. The maximum atomic E-state index is 5.94. The van der Waals surface area contributed by atoms with E-state index >= 15 is 0 Å². The normalized spacial score (nSPS) is 10.2. The molecule has 2 aromatic rings. The zero-order chi connectivity index (χ0) is 10.8. The molecular weight excluding hydrogens is 214 g/mol. The zero-order valence-corrected chi connectivity index (χ0v) is 8.78. The number of hydrogen-bond donors (Lipinski definition) is 1. The molecule has 76 valence electrons. The highest BCUT2D eigenvalue weighted by Crippen LogP contribution is 2.21.